The number of amides is 1. The zero-order valence-electron chi connectivity index (χ0n) is 25.6. The second-order valence-electron chi connectivity index (χ2n) is 15.2. The minimum atomic E-state index is -0.202. The maximum Gasteiger partial charge on any atom is 0.410 e. The van der Waals surface area contributed by atoms with Gasteiger partial charge in [0.25, 0.3) is 0 Å². The summed E-state index contributed by atoms with van der Waals surface area (Å²) in [5.41, 5.74) is 4.44. The molecular weight excluding hydrogens is 510 g/mol. The molecule has 4 aliphatic carbocycles. The highest BCUT2D eigenvalue weighted by Crippen LogP contribution is 2.65. The minimum absolute atomic E-state index is 0.0760. The molecule has 2 heterocycles. The number of carbonyl (C=O) groups excluding carboxylic acids is 2. The molecule has 2 aliphatic heterocycles. The Morgan fingerprint density at radius 3 is 2.71 bits per heavy atom. The number of Topliss-reactive ketones (excluding diaryl/α,β-unsaturated/α-hetero) is 1. The number of ether oxygens (including phenoxy) is 2. The summed E-state index contributed by atoms with van der Waals surface area (Å²) >= 11 is 0. The summed E-state index contributed by atoms with van der Waals surface area (Å²) < 4.78 is 13.0. The Bertz CT molecular complexity index is 1230. The molecule has 1 aromatic rings. The molecule has 2 unspecified atom stereocenters. The van der Waals surface area contributed by atoms with E-state index in [9.17, 15) is 9.59 Å². The van der Waals surface area contributed by atoms with Gasteiger partial charge in [0.1, 0.15) is 12.4 Å². The number of fused-ring (bicyclic) bond motifs is 6. The van der Waals surface area contributed by atoms with Crippen LogP contribution in [0.25, 0.3) is 0 Å². The minimum Gasteiger partial charge on any atom is -0.445 e. The highest BCUT2D eigenvalue weighted by molar-refractivity contribution is 5.79. The van der Waals surface area contributed by atoms with Crippen LogP contribution < -0.4 is 0 Å². The van der Waals surface area contributed by atoms with Gasteiger partial charge >= 0.3 is 6.09 Å². The summed E-state index contributed by atoms with van der Waals surface area (Å²) in [4.78, 5) is 27.8. The Balaban J connectivity index is 1.11. The molecule has 41 heavy (non-hydrogen) atoms. The van der Waals surface area contributed by atoms with Crippen molar-refractivity contribution in [2.75, 3.05) is 6.54 Å². The number of ketones is 1. The number of allylic oxidation sites excluding steroid dienone is 1. The summed E-state index contributed by atoms with van der Waals surface area (Å²) in [6.45, 7) is 10.6. The van der Waals surface area contributed by atoms with Gasteiger partial charge in [-0.15, -0.1) is 0 Å². The third kappa shape index (κ3) is 4.51. The van der Waals surface area contributed by atoms with E-state index in [0.717, 1.165) is 62.5 Å². The van der Waals surface area contributed by atoms with Crippen LogP contribution in [0, 0.1) is 40.9 Å². The van der Waals surface area contributed by atoms with Crippen molar-refractivity contribution >= 4 is 11.9 Å². The van der Waals surface area contributed by atoms with Gasteiger partial charge in [0.05, 0.1) is 17.7 Å². The van der Waals surface area contributed by atoms with Crippen molar-refractivity contribution in [1.29, 1.82) is 0 Å². The van der Waals surface area contributed by atoms with Crippen LogP contribution in [0.3, 0.4) is 0 Å². The molecule has 10 atom stereocenters. The smallest absolute Gasteiger partial charge is 0.410 e. The van der Waals surface area contributed by atoms with Crippen LogP contribution in [0.15, 0.2) is 41.5 Å². The predicted molar refractivity (Wildman–Crippen MR) is 159 cm³/mol. The second kappa shape index (κ2) is 10.2. The van der Waals surface area contributed by atoms with E-state index in [1.165, 1.54) is 25.7 Å². The maximum absolute atomic E-state index is 13.5. The lowest BCUT2D eigenvalue weighted by Gasteiger charge is -2.52. The zero-order chi connectivity index (χ0) is 28.5. The van der Waals surface area contributed by atoms with Gasteiger partial charge in [0, 0.05) is 25.3 Å². The fourth-order valence-electron chi connectivity index (χ4n) is 10.9. The molecule has 1 amide bonds. The van der Waals surface area contributed by atoms with Crippen LogP contribution in [-0.4, -0.2) is 41.1 Å². The topological polar surface area (TPSA) is 55.8 Å². The lowest BCUT2D eigenvalue weighted by Crippen LogP contribution is -2.54. The maximum atomic E-state index is 13.5. The molecular formula is C36H49NO4. The molecule has 0 aromatic heterocycles. The van der Waals surface area contributed by atoms with E-state index >= 15 is 0 Å². The van der Waals surface area contributed by atoms with Gasteiger partial charge < -0.3 is 14.4 Å². The first-order valence-electron chi connectivity index (χ1n) is 16.5. The largest absolute Gasteiger partial charge is 0.445 e. The molecule has 1 aromatic carbocycles. The molecule has 5 nitrogen and oxygen atoms in total. The van der Waals surface area contributed by atoms with Crippen LogP contribution in [0.1, 0.15) is 97.5 Å². The highest BCUT2D eigenvalue weighted by atomic mass is 16.6. The van der Waals surface area contributed by atoms with Gasteiger partial charge in [-0.25, -0.2) is 4.79 Å². The van der Waals surface area contributed by atoms with E-state index < -0.39 is 0 Å². The first kappa shape index (κ1) is 27.7. The number of benzene rings is 1. The molecule has 5 heteroatoms. The van der Waals surface area contributed by atoms with Gasteiger partial charge in [0.2, 0.25) is 0 Å². The van der Waals surface area contributed by atoms with Crippen molar-refractivity contribution in [3.63, 3.8) is 0 Å². The highest BCUT2D eigenvalue weighted by Gasteiger charge is 2.60. The molecule has 6 aliphatic rings. The van der Waals surface area contributed by atoms with Gasteiger partial charge in [-0.05, 0) is 98.9 Å². The fraction of sp³-hybridized carbons (Fsp3) is 0.722. The number of likely N-dealkylation sites (tertiary alicyclic amines) is 1. The quantitative estimate of drug-likeness (QED) is 0.348. The first-order chi connectivity index (χ1) is 19.7. The van der Waals surface area contributed by atoms with E-state index in [1.54, 1.807) is 11.1 Å². The van der Waals surface area contributed by atoms with Gasteiger partial charge in [-0.1, -0.05) is 62.2 Å². The normalized spacial score (nSPS) is 43.7. The number of hydrogen-bond acceptors (Lipinski definition) is 4. The van der Waals surface area contributed by atoms with E-state index in [4.69, 9.17) is 9.47 Å². The Morgan fingerprint density at radius 1 is 1.10 bits per heavy atom. The Hall–Kier alpha value is -2.14. The molecule has 5 fully saturated rings. The van der Waals surface area contributed by atoms with E-state index in [-0.39, 0.29) is 29.8 Å². The number of nitrogens with zero attached hydrogens (tertiary/aromatic N) is 1. The van der Waals surface area contributed by atoms with Crippen LogP contribution in [0.5, 0.6) is 0 Å². The predicted octanol–water partition coefficient (Wildman–Crippen LogP) is 7.73. The molecule has 3 saturated carbocycles. The summed E-state index contributed by atoms with van der Waals surface area (Å²) in [6, 6.07) is 10.1. The molecule has 0 radical (unpaired) electrons. The molecule has 0 bridgehead atoms. The van der Waals surface area contributed by atoms with E-state index in [0.29, 0.717) is 35.6 Å². The summed E-state index contributed by atoms with van der Waals surface area (Å²) in [7, 11) is 0. The van der Waals surface area contributed by atoms with E-state index in [1.807, 2.05) is 35.2 Å². The number of carbonyl (C=O) groups is 2. The average Bonchev–Trinajstić information content (AvgIpc) is 3.42. The van der Waals surface area contributed by atoms with Crippen molar-refractivity contribution in [2.45, 2.75) is 116 Å². The Morgan fingerprint density at radius 2 is 1.90 bits per heavy atom. The lowest BCUT2D eigenvalue weighted by atomic mass is 9.52. The SMILES string of the molecule is CC1=C2C[C@H]3C(CCC4CC(=O)CC[C@@]43C)[C@@H]2CC[C@@]2(C1)O[C@@H]1C[C@H](C)CN(C(=O)OCc3ccccc3)[C@H]1[C@H]2C. The van der Waals surface area contributed by atoms with Crippen molar-refractivity contribution in [1.82, 2.24) is 4.90 Å². The van der Waals surface area contributed by atoms with Crippen LogP contribution in [0.4, 0.5) is 4.79 Å². The standard InChI is InChI=1S/C36H49NO4/c1-22-16-32-33(37(20-22)34(39)40-21-25-8-6-5-7-9-25)24(3)36(41-32)15-13-28-29-11-10-26-17-27(38)12-14-35(26,4)31(29)18-30(28)23(2)19-36/h5-9,22,24,26,28-29,31-33H,10-21H2,1-4H3/t22-,24+,26?,28-,29?,31-,32+,33-,35-,36-/m0/s1. The molecule has 1 spiro atoms. The monoisotopic (exact) mass is 559 g/mol. The molecule has 0 N–H and O–H groups in total. The summed E-state index contributed by atoms with van der Waals surface area (Å²) in [6.07, 6.45) is 10.6. The van der Waals surface area contributed by atoms with Crippen LogP contribution >= 0.6 is 0 Å². The summed E-state index contributed by atoms with van der Waals surface area (Å²) in [5.74, 6) is 3.91. The van der Waals surface area contributed by atoms with Crippen molar-refractivity contribution in [3.8, 4) is 0 Å². The van der Waals surface area contributed by atoms with Crippen molar-refractivity contribution in [3.05, 3.63) is 47.0 Å². The molecule has 7 rings (SSSR count). The number of rotatable bonds is 2. The lowest BCUT2D eigenvalue weighted by molar-refractivity contribution is -0.129. The molecule has 2 saturated heterocycles. The molecule has 222 valence electrons. The van der Waals surface area contributed by atoms with Gasteiger partial charge in [-0.3, -0.25) is 4.79 Å². The number of hydrogen-bond donors (Lipinski definition) is 0. The number of piperidine rings is 1. The van der Waals surface area contributed by atoms with Crippen molar-refractivity contribution in [2.24, 2.45) is 40.9 Å². The third-order valence-corrected chi connectivity index (χ3v) is 13.0. The third-order valence-electron chi connectivity index (χ3n) is 13.0. The second-order valence-corrected chi connectivity index (χ2v) is 15.2. The Labute approximate surface area is 246 Å². The Kier molecular flexibility index (Phi) is 6.92. The average molecular weight is 560 g/mol. The van der Waals surface area contributed by atoms with Gasteiger partial charge in [0.15, 0.2) is 0 Å². The first-order valence-corrected chi connectivity index (χ1v) is 16.5. The van der Waals surface area contributed by atoms with Crippen LogP contribution in [-0.2, 0) is 20.9 Å². The van der Waals surface area contributed by atoms with Gasteiger partial charge in [-0.2, -0.15) is 0 Å². The zero-order valence-corrected chi connectivity index (χ0v) is 25.6. The summed E-state index contributed by atoms with van der Waals surface area (Å²) in [5, 5.41) is 0. The van der Waals surface area contributed by atoms with Crippen molar-refractivity contribution < 1.29 is 19.1 Å². The van der Waals surface area contributed by atoms with E-state index in [2.05, 4.69) is 27.7 Å². The fourth-order valence-corrected chi connectivity index (χ4v) is 10.9. The van der Waals surface area contributed by atoms with Crippen LogP contribution in [0.2, 0.25) is 0 Å².